The number of nitrogens with one attached hydrogen (secondary N) is 4. The van der Waals surface area contributed by atoms with E-state index in [4.69, 9.17) is 35.4 Å². The van der Waals surface area contributed by atoms with Gasteiger partial charge in [-0.3, -0.25) is 30.6 Å². The number of carbonyl (C=O) groups excluding carboxylic acids is 3. The van der Waals surface area contributed by atoms with E-state index in [1.807, 2.05) is 6.07 Å². The van der Waals surface area contributed by atoms with Gasteiger partial charge < -0.3 is 5.32 Å². The summed E-state index contributed by atoms with van der Waals surface area (Å²) >= 11 is 20.4. The number of benzene rings is 2. The molecule has 0 fully saturated rings. The van der Waals surface area contributed by atoms with Crippen molar-refractivity contribution < 1.29 is 14.4 Å². The first-order valence-corrected chi connectivity index (χ1v) is 11.8. The highest BCUT2D eigenvalue weighted by Crippen LogP contribution is 2.30. The van der Waals surface area contributed by atoms with Gasteiger partial charge in [0, 0.05) is 27.9 Å². The standard InChI is InChI=1S/C22H23BrCl2N4O3S/c1-22(2,3)14-6-4-12(10-15(14)23)20(32)27-21(33)29-28-19(31)9-8-18(30)26-17-7-5-13(24)11-16(17)25/h4-7,10-11H,8-9H2,1-3H3,(H,26,30)(H,28,31)(H2,27,29,32,33). The topological polar surface area (TPSA) is 99.3 Å². The fourth-order valence-electron chi connectivity index (χ4n) is 2.69. The summed E-state index contributed by atoms with van der Waals surface area (Å²) in [7, 11) is 0. The Hall–Kier alpha value is -2.20. The number of rotatable bonds is 5. The molecule has 0 atom stereocenters. The maximum Gasteiger partial charge on any atom is 0.257 e. The molecule has 0 unspecified atom stereocenters. The van der Waals surface area contributed by atoms with Crippen LogP contribution in [0.3, 0.4) is 0 Å². The second-order valence-corrected chi connectivity index (χ2v) is 10.2. The highest BCUT2D eigenvalue weighted by atomic mass is 79.9. The molecule has 2 aromatic carbocycles. The molecule has 0 heterocycles. The predicted molar refractivity (Wildman–Crippen MR) is 139 cm³/mol. The molecule has 0 aliphatic carbocycles. The summed E-state index contributed by atoms with van der Waals surface area (Å²) in [6.45, 7) is 6.22. The van der Waals surface area contributed by atoms with Gasteiger partial charge in [-0.15, -0.1) is 0 Å². The Bertz CT molecular complexity index is 1090. The van der Waals surface area contributed by atoms with Crippen LogP contribution in [0.15, 0.2) is 40.9 Å². The molecule has 176 valence electrons. The molecule has 2 rings (SSSR count). The minimum Gasteiger partial charge on any atom is -0.325 e. The third-order valence-electron chi connectivity index (χ3n) is 4.37. The van der Waals surface area contributed by atoms with Crippen LogP contribution < -0.4 is 21.5 Å². The second kappa shape index (κ2) is 11.8. The van der Waals surface area contributed by atoms with Crippen molar-refractivity contribution in [3.8, 4) is 0 Å². The van der Waals surface area contributed by atoms with Crippen LogP contribution in [0, 0.1) is 0 Å². The van der Waals surface area contributed by atoms with Crippen molar-refractivity contribution in [2.75, 3.05) is 5.32 Å². The minimum atomic E-state index is -0.485. The van der Waals surface area contributed by atoms with Crippen molar-refractivity contribution in [2.24, 2.45) is 0 Å². The molecule has 0 aliphatic rings. The molecule has 0 aliphatic heterocycles. The molecule has 0 radical (unpaired) electrons. The third kappa shape index (κ3) is 8.58. The van der Waals surface area contributed by atoms with E-state index >= 15 is 0 Å². The van der Waals surface area contributed by atoms with Gasteiger partial charge in [0.2, 0.25) is 11.8 Å². The number of carbonyl (C=O) groups is 3. The Morgan fingerprint density at radius 2 is 1.64 bits per heavy atom. The Morgan fingerprint density at radius 1 is 0.970 bits per heavy atom. The van der Waals surface area contributed by atoms with E-state index in [2.05, 4.69) is 58.2 Å². The van der Waals surface area contributed by atoms with Crippen molar-refractivity contribution in [1.29, 1.82) is 0 Å². The average Bonchev–Trinajstić information content (AvgIpc) is 2.71. The number of amides is 3. The fraction of sp³-hybridized carbons (Fsp3) is 0.273. The molecule has 11 heteroatoms. The third-order valence-corrected chi connectivity index (χ3v) is 5.77. The number of anilines is 1. The predicted octanol–water partition coefficient (Wildman–Crippen LogP) is 5.11. The van der Waals surface area contributed by atoms with Gasteiger partial charge in [-0.25, -0.2) is 0 Å². The van der Waals surface area contributed by atoms with Crippen molar-refractivity contribution >= 4 is 79.9 Å². The smallest absolute Gasteiger partial charge is 0.257 e. The van der Waals surface area contributed by atoms with E-state index < -0.39 is 17.7 Å². The summed E-state index contributed by atoms with van der Waals surface area (Å²) in [5.41, 5.74) is 6.57. The van der Waals surface area contributed by atoms with Gasteiger partial charge in [0.05, 0.1) is 10.7 Å². The first-order valence-electron chi connectivity index (χ1n) is 9.82. The second-order valence-electron chi connectivity index (χ2n) is 8.07. The molecule has 0 saturated heterocycles. The zero-order chi connectivity index (χ0) is 24.8. The molecular weight excluding hydrogens is 551 g/mol. The monoisotopic (exact) mass is 572 g/mol. The van der Waals surface area contributed by atoms with E-state index in [0.29, 0.717) is 21.3 Å². The summed E-state index contributed by atoms with van der Waals surface area (Å²) in [5.74, 6) is -1.31. The van der Waals surface area contributed by atoms with Crippen LogP contribution in [0.1, 0.15) is 49.5 Å². The van der Waals surface area contributed by atoms with Crippen LogP contribution in [-0.4, -0.2) is 22.8 Å². The Balaban J connectivity index is 1.77. The first kappa shape index (κ1) is 27.0. The molecule has 0 spiro atoms. The zero-order valence-electron chi connectivity index (χ0n) is 18.1. The molecule has 33 heavy (non-hydrogen) atoms. The molecule has 0 bridgehead atoms. The number of halogens is 3. The quantitative estimate of drug-likeness (QED) is 0.294. The van der Waals surface area contributed by atoms with Crippen molar-refractivity contribution in [2.45, 2.75) is 39.0 Å². The number of hydrogen-bond acceptors (Lipinski definition) is 4. The highest BCUT2D eigenvalue weighted by molar-refractivity contribution is 9.10. The summed E-state index contributed by atoms with van der Waals surface area (Å²) in [6.07, 6.45) is -0.193. The average molecular weight is 574 g/mol. The van der Waals surface area contributed by atoms with E-state index in [1.54, 1.807) is 24.3 Å². The SMILES string of the molecule is CC(C)(C)c1ccc(C(=O)NC(=S)NNC(=O)CCC(=O)Nc2ccc(Cl)cc2Cl)cc1Br. The Labute approximate surface area is 216 Å². The van der Waals surface area contributed by atoms with Crippen LogP contribution in [-0.2, 0) is 15.0 Å². The molecular formula is C22H23BrCl2N4O3S. The summed E-state index contributed by atoms with van der Waals surface area (Å²) in [6, 6.07) is 9.95. The number of hydrazine groups is 1. The van der Waals surface area contributed by atoms with Crippen molar-refractivity contribution in [1.82, 2.24) is 16.2 Å². The van der Waals surface area contributed by atoms with E-state index in [9.17, 15) is 14.4 Å². The van der Waals surface area contributed by atoms with Gasteiger partial charge in [-0.05, 0) is 53.5 Å². The lowest BCUT2D eigenvalue weighted by atomic mass is 9.86. The van der Waals surface area contributed by atoms with Crippen molar-refractivity contribution in [3.63, 3.8) is 0 Å². The van der Waals surface area contributed by atoms with Gasteiger partial charge in [-0.1, -0.05) is 66.0 Å². The van der Waals surface area contributed by atoms with Crippen LogP contribution in [0.25, 0.3) is 0 Å². The van der Waals surface area contributed by atoms with Crippen LogP contribution in [0.5, 0.6) is 0 Å². The molecule has 4 N–H and O–H groups in total. The summed E-state index contributed by atoms with van der Waals surface area (Å²) < 4.78 is 0.813. The minimum absolute atomic E-state index is 0.0764. The first-order chi connectivity index (χ1) is 15.4. The molecule has 0 aromatic heterocycles. The number of thiocarbonyl (C=S) groups is 1. The van der Waals surface area contributed by atoms with Crippen LogP contribution in [0.4, 0.5) is 5.69 Å². The van der Waals surface area contributed by atoms with Crippen molar-refractivity contribution in [3.05, 3.63) is 62.0 Å². The van der Waals surface area contributed by atoms with Crippen LogP contribution >= 0.6 is 51.3 Å². The van der Waals surface area contributed by atoms with Gasteiger partial charge in [0.25, 0.3) is 5.91 Å². The Morgan fingerprint density at radius 3 is 2.24 bits per heavy atom. The molecule has 3 amide bonds. The lowest BCUT2D eigenvalue weighted by molar-refractivity contribution is -0.124. The number of hydrogen-bond donors (Lipinski definition) is 4. The van der Waals surface area contributed by atoms with Gasteiger partial charge in [0.15, 0.2) is 5.11 Å². The summed E-state index contributed by atoms with van der Waals surface area (Å²) in [4.78, 5) is 36.4. The largest absolute Gasteiger partial charge is 0.325 e. The molecule has 7 nitrogen and oxygen atoms in total. The lowest BCUT2D eigenvalue weighted by Gasteiger charge is -2.21. The van der Waals surface area contributed by atoms with Gasteiger partial charge in [-0.2, -0.15) is 0 Å². The zero-order valence-corrected chi connectivity index (χ0v) is 22.1. The van der Waals surface area contributed by atoms with Gasteiger partial charge >= 0.3 is 0 Å². The summed E-state index contributed by atoms with van der Waals surface area (Å²) in [5, 5.41) is 5.75. The molecule has 2 aromatic rings. The van der Waals surface area contributed by atoms with E-state index in [-0.39, 0.29) is 23.4 Å². The normalized spacial score (nSPS) is 10.8. The fourth-order valence-corrected chi connectivity index (χ4v) is 4.26. The maximum absolute atomic E-state index is 12.4. The lowest BCUT2D eigenvalue weighted by Crippen LogP contribution is -2.48. The van der Waals surface area contributed by atoms with E-state index in [1.165, 1.54) is 6.07 Å². The Kier molecular flexibility index (Phi) is 9.66. The molecule has 0 saturated carbocycles. The van der Waals surface area contributed by atoms with Crippen LogP contribution in [0.2, 0.25) is 10.0 Å². The van der Waals surface area contributed by atoms with E-state index in [0.717, 1.165) is 10.0 Å². The van der Waals surface area contributed by atoms with Gasteiger partial charge in [0.1, 0.15) is 0 Å². The maximum atomic E-state index is 12.4. The highest BCUT2D eigenvalue weighted by Gasteiger charge is 2.19.